The molecule has 0 spiro atoms. The average molecular weight is 268 g/mol. The first-order valence-corrected chi connectivity index (χ1v) is 6.26. The van der Waals surface area contributed by atoms with Crippen molar-refractivity contribution < 1.29 is 9.66 Å². The lowest BCUT2D eigenvalue weighted by molar-refractivity contribution is -0.387. The van der Waals surface area contributed by atoms with E-state index in [4.69, 9.17) is 4.74 Å². The predicted molar refractivity (Wildman–Crippen MR) is 72.6 cm³/mol. The molecule has 0 bridgehead atoms. The smallest absolute Gasteiger partial charge is 0.352 e. The molecule has 0 saturated heterocycles. The third kappa shape index (κ3) is 3.77. The van der Waals surface area contributed by atoms with Gasteiger partial charge in [-0.2, -0.15) is 4.98 Å². The fourth-order valence-corrected chi connectivity index (χ4v) is 1.39. The number of aromatic nitrogens is 2. The largest absolute Gasteiger partial charge is 0.467 e. The van der Waals surface area contributed by atoms with Crippen molar-refractivity contribution >= 4 is 11.6 Å². The lowest BCUT2D eigenvalue weighted by atomic mass is 10.1. The molecule has 7 heteroatoms. The summed E-state index contributed by atoms with van der Waals surface area (Å²) in [6.07, 6.45) is 0.712. The van der Waals surface area contributed by atoms with Crippen LogP contribution in [0, 0.1) is 17.0 Å². The summed E-state index contributed by atoms with van der Waals surface area (Å²) >= 11 is 0. The maximum absolute atomic E-state index is 11.1. The maximum atomic E-state index is 11.1. The third-order valence-corrected chi connectivity index (χ3v) is 2.77. The second-order valence-corrected chi connectivity index (χ2v) is 4.79. The number of nitrogens with zero attached hydrogens (tertiary/aromatic N) is 3. The van der Waals surface area contributed by atoms with Gasteiger partial charge in [-0.1, -0.05) is 6.92 Å². The van der Waals surface area contributed by atoms with Crippen LogP contribution in [-0.4, -0.2) is 27.0 Å². The highest BCUT2D eigenvalue weighted by atomic mass is 16.6. The molecule has 19 heavy (non-hydrogen) atoms. The standard InChI is InChI=1S/C12H20N4O3/c1-6-12(4,5)19-10-9(16(17)18)8(3)14-11(15-10)13-7-2/h6-7H2,1-5H3,(H,13,14,15). The van der Waals surface area contributed by atoms with Crippen LogP contribution >= 0.6 is 0 Å². The van der Waals surface area contributed by atoms with E-state index in [0.29, 0.717) is 18.9 Å². The molecule has 0 aliphatic heterocycles. The van der Waals surface area contributed by atoms with Crippen LogP contribution in [0.15, 0.2) is 0 Å². The SMILES string of the molecule is CCNc1nc(C)c([N+](=O)[O-])c(OC(C)(C)CC)n1. The van der Waals surface area contributed by atoms with Crippen molar-refractivity contribution in [2.24, 2.45) is 0 Å². The van der Waals surface area contributed by atoms with E-state index in [1.165, 1.54) is 0 Å². The van der Waals surface area contributed by atoms with Crippen LogP contribution in [0.2, 0.25) is 0 Å². The topological polar surface area (TPSA) is 90.2 Å². The van der Waals surface area contributed by atoms with Crippen LogP contribution in [0.3, 0.4) is 0 Å². The van der Waals surface area contributed by atoms with Crippen LogP contribution in [0.4, 0.5) is 11.6 Å². The Morgan fingerprint density at radius 2 is 2.00 bits per heavy atom. The molecule has 0 radical (unpaired) electrons. The number of hydrogen-bond acceptors (Lipinski definition) is 6. The molecule has 1 rings (SSSR count). The minimum atomic E-state index is -0.519. The molecule has 0 fully saturated rings. The van der Waals surface area contributed by atoms with Gasteiger partial charge in [-0.25, -0.2) is 4.98 Å². The van der Waals surface area contributed by atoms with Crippen molar-refractivity contribution in [3.05, 3.63) is 15.8 Å². The second-order valence-electron chi connectivity index (χ2n) is 4.79. The summed E-state index contributed by atoms with van der Waals surface area (Å²) in [7, 11) is 0. The minimum Gasteiger partial charge on any atom is -0.467 e. The van der Waals surface area contributed by atoms with Gasteiger partial charge in [0.05, 0.1) is 4.92 Å². The Bertz CT molecular complexity index is 474. The highest BCUT2D eigenvalue weighted by Crippen LogP contribution is 2.32. The Balaban J connectivity index is 3.27. The molecule has 0 aliphatic rings. The molecule has 106 valence electrons. The fourth-order valence-electron chi connectivity index (χ4n) is 1.39. The first-order chi connectivity index (χ1) is 8.80. The number of aryl methyl sites for hydroxylation is 1. The molecule has 0 saturated carbocycles. The van der Waals surface area contributed by atoms with Gasteiger partial charge in [0.2, 0.25) is 5.95 Å². The van der Waals surface area contributed by atoms with E-state index >= 15 is 0 Å². The van der Waals surface area contributed by atoms with Gasteiger partial charge in [-0.3, -0.25) is 10.1 Å². The molecule has 1 aromatic rings. The van der Waals surface area contributed by atoms with Gasteiger partial charge in [0, 0.05) is 6.54 Å². The number of rotatable bonds is 6. The molecule has 0 unspecified atom stereocenters. The molecular weight excluding hydrogens is 248 g/mol. The minimum absolute atomic E-state index is 0.0142. The monoisotopic (exact) mass is 268 g/mol. The Labute approximate surface area is 112 Å². The van der Waals surface area contributed by atoms with Crippen molar-refractivity contribution in [2.45, 2.75) is 46.6 Å². The summed E-state index contributed by atoms with van der Waals surface area (Å²) in [6, 6.07) is 0. The average Bonchev–Trinajstić information content (AvgIpc) is 2.27. The molecule has 0 aliphatic carbocycles. The maximum Gasteiger partial charge on any atom is 0.352 e. The number of anilines is 1. The summed E-state index contributed by atoms with van der Waals surface area (Å²) in [6.45, 7) is 9.78. The summed E-state index contributed by atoms with van der Waals surface area (Å²) in [4.78, 5) is 18.8. The van der Waals surface area contributed by atoms with E-state index in [9.17, 15) is 10.1 Å². The van der Waals surface area contributed by atoms with E-state index in [0.717, 1.165) is 0 Å². The Morgan fingerprint density at radius 3 is 2.47 bits per heavy atom. The van der Waals surface area contributed by atoms with Crippen molar-refractivity contribution in [3.63, 3.8) is 0 Å². The molecule has 1 N–H and O–H groups in total. The molecule has 0 amide bonds. The zero-order valence-electron chi connectivity index (χ0n) is 12.0. The van der Waals surface area contributed by atoms with Crippen LogP contribution in [0.5, 0.6) is 5.88 Å². The summed E-state index contributed by atoms with van der Waals surface area (Å²) in [5, 5.41) is 14.0. The Morgan fingerprint density at radius 1 is 1.37 bits per heavy atom. The van der Waals surface area contributed by atoms with Crippen LogP contribution in [0.25, 0.3) is 0 Å². The molecule has 1 aromatic heterocycles. The lowest BCUT2D eigenvalue weighted by Crippen LogP contribution is -2.28. The van der Waals surface area contributed by atoms with E-state index in [1.54, 1.807) is 6.92 Å². The highest BCUT2D eigenvalue weighted by Gasteiger charge is 2.28. The zero-order valence-corrected chi connectivity index (χ0v) is 12.0. The van der Waals surface area contributed by atoms with Gasteiger partial charge in [0.15, 0.2) is 0 Å². The third-order valence-electron chi connectivity index (χ3n) is 2.77. The second kappa shape index (κ2) is 5.81. The van der Waals surface area contributed by atoms with Gasteiger partial charge >= 0.3 is 5.69 Å². The lowest BCUT2D eigenvalue weighted by Gasteiger charge is -2.24. The highest BCUT2D eigenvalue weighted by molar-refractivity contribution is 5.49. The predicted octanol–water partition coefficient (Wildman–Crippen LogP) is 2.69. The number of hydrogen-bond donors (Lipinski definition) is 1. The number of ether oxygens (including phenoxy) is 1. The number of nitro groups is 1. The van der Waals surface area contributed by atoms with E-state index < -0.39 is 10.5 Å². The normalized spacial score (nSPS) is 11.2. The Hall–Kier alpha value is -1.92. The van der Waals surface area contributed by atoms with Gasteiger partial charge in [0.1, 0.15) is 11.3 Å². The van der Waals surface area contributed by atoms with Crippen molar-refractivity contribution in [3.8, 4) is 5.88 Å². The van der Waals surface area contributed by atoms with Crippen molar-refractivity contribution in [1.82, 2.24) is 9.97 Å². The van der Waals surface area contributed by atoms with Crippen LogP contribution in [0.1, 0.15) is 39.8 Å². The summed E-state index contributed by atoms with van der Waals surface area (Å²) in [5.74, 6) is 0.354. The van der Waals surface area contributed by atoms with Crippen molar-refractivity contribution in [1.29, 1.82) is 0 Å². The van der Waals surface area contributed by atoms with E-state index in [-0.39, 0.29) is 17.3 Å². The molecular formula is C12H20N4O3. The van der Waals surface area contributed by atoms with Crippen LogP contribution in [-0.2, 0) is 0 Å². The Kier molecular flexibility index (Phi) is 4.63. The van der Waals surface area contributed by atoms with E-state index in [2.05, 4.69) is 15.3 Å². The quantitative estimate of drug-likeness (QED) is 0.630. The van der Waals surface area contributed by atoms with Crippen LogP contribution < -0.4 is 10.1 Å². The first-order valence-electron chi connectivity index (χ1n) is 6.26. The van der Waals surface area contributed by atoms with Gasteiger partial charge < -0.3 is 10.1 Å². The van der Waals surface area contributed by atoms with Gasteiger partial charge in [-0.05, 0) is 34.1 Å². The summed E-state index contributed by atoms with van der Waals surface area (Å²) < 4.78 is 5.68. The van der Waals surface area contributed by atoms with Crippen molar-refractivity contribution in [2.75, 3.05) is 11.9 Å². The molecule has 1 heterocycles. The number of nitrogens with one attached hydrogen (secondary N) is 1. The molecule has 0 atom stereocenters. The fraction of sp³-hybridized carbons (Fsp3) is 0.667. The first kappa shape index (κ1) is 15.1. The van der Waals surface area contributed by atoms with E-state index in [1.807, 2.05) is 27.7 Å². The molecule has 0 aromatic carbocycles. The molecule has 7 nitrogen and oxygen atoms in total. The van der Waals surface area contributed by atoms with Gasteiger partial charge in [0.25, 0.3) is 5.88 Å². The van der Waals surface area contributed by atoms with Gasteiger partial charge in [-0.15, -0.1) is 0 Å². The zero-order chi connectivity index (χ0) is 14.6. The summed E-state index contributed by atoms with van der Waals surface area (Å²) in [5.41, 5.74) is -0.407.